The molecule has 28 heavy (non-hydrogen) atoms. The van der Waals surface area contributed by atoms with E-state index in [0.717, 1.165) is 43.8 Å². The lowest BCUT2D eigenvalue weighted by Gasteiger charge is -2.23. The van der Waals surface area contributed by atoms with E-state index in [1.54, 1.807) is 12.3 Å². The van der Waals surface area contributed by atoms with Gasteiger partial charge in [-0.25, -0.2) is 9.37 Å². The van der Waals surface area contributed by atoms with Crippen molar-refractivity contribution in [1.82, 2.24) is 14.5 Å². The standard InChI is InChI=1S/C23H26FN3O/c1-18-13-21-14-19(7-8-23(21)28-18)15-27(11-4-10-26-12-9-25-17-26)16-20-5-2-3-6-22(20)24/h2-3,5-9,12,14,17-18H,4,10-11,13,15-16H2,1H3/t18-/m1/s1. The van der Waals surface area contributed by atoms with Gasteiger partial charge in [0.2, 0.25) is 0 Å². The van der Waals surface area contributed by atoms with Crippen LogP contribution in [0.1, 0.15) is 30.0 Å². The zero-order chi connectivity index (χ0) is 19.3. The first-order valence-electron chi connectivity index (χ1n) is 9.87. The van der Waals surface area contributed by atoms with Gasteiger partial charge in [0.25, 0.3) is 0 Å². The highest BCUT2D eigenvalue weighted by Gasteiger charge is 2.19. The molecule has 0 fully saturated rings. The lowest BCUT2D eigenvalue weighted by atomic mass is 10.1. The van der Waals surface area contributed by atoms with Gasteiger partial charge in [0.05, 0.1) is 6.33 Å². The first kappa shape index (κ1) is 18.7. The number of imidazole rings is 1. The van der Waals surface area contributed by atoms with Crippen molar-refractivity contribution in [2.24, 2.45) is 0 Å². The van der Waals surface area contributed by atoms with Crippen LogP contribution in [0, 0.1) is 5.82 Å². The summed E-state index contributed by atoms with van der Waals surface area (Å²) >= 11 is 0. The van der Waals surface area contributed by atoms with Crippen LogP contribution >= 0.6 is 0 Å². The number of aryl methyl sites for hydroxylation is 1. The van der Waals surface area contributed by atoms with E-state index < -0.39 is 0 Å². The second kappa shape index (κ2) is 8.57. The summed E-state index contributed by atoms with van der Waals surface area (Å²) in [4.78, 5) is 6.41. The molecule has 0 amide bonds. The van der Waals surface area contributed by atoms with Crippen molar-refractivity contribution in [1.29, 1.82) is 0 Å². The zero-order valence-corrected chi connectivity index (χ0v) is 16.2. The van der Waals surface area contributed by atoms with E-state index in [1.165, 1.54) is 17.2 Å². The molecule has 4 rings (SSSR count). The Labute approximate surface area is 165 Å². The van der Waals surface area contributed by atoms with Gasteiger partial charge in [-0.2, -0.15) is 0 Å². The summed E-state index contributed by atoms with van der Waals surface area (Å²) in [7, 11) is 0. The number of rotatable bonds is 8. The van der Waals surface area contributed by atoms with E-state index in [1.807, 2.05) is 24.7 Å². The van der Waals surface area contributed by atoms with Crippen LogP contribution in [0.3, 0.4) is 0 Å². The molecule has 1 atom stereocenters. The zero-order valence-electron chi connectivity index (χ0n) is 16.2. The smallest absolute Gasteiger partial charge is 0.127 e. The highest BCUT2D eigenvalue weighted by Crippen LogP contribution is 2.30. The van der Waals surface area contributed by atoms with Crippen molar-refractivity contribution in [3.8, 4) is 5.75 Å². The average molecular weight is 379 g/mol. The summed E-state index contributed by atoms with van der Waals surface area (Å²) in [5.41, 5.74) is 3.26. The third-order valence-electron chi connectivity index (χ3n) is 5.17. The minimum Gasteiger partial charge on any atom is -0.490 e. The van der Waals surface area contributed by atoms with E-state index in [9.17, 15) is 4.39 Å². The van der Waals surface area contributed by atoms with Crippen molar-refractivity contribution in [2.45, 2.75) is 45.5 Å². The van der Waals surface area contributed by atoms with Crippen LogP contribution in [0.5, 0.6) is 5.75 Å². The van der Waals surface area contributed by atoms with Crippen LogP contribution in [0.4, 0.5) is 4.39 Å². The first-order valence-corrected chi connectivity index (χ1v) is 9.87. The second-order valence-electron chi connectivity index (χ2n) is 7.53. The molecular weight excluding hydrogens is 353 g/mol. The topological polar surface area (TPSA) is 30.3 Å². The van der Waals surface area contributed by atoms with Crippen molar-refractivity contribution < 1.29 is 9.13 Å². The van der Waals surface area contributed by atoms with E-state index in [0.29, 0.717) is 6.54 Å². The second-order valence-corrected chi connectivity index (χ2v) is 7.53. The third kappa shape index (κ3) is 4.60. The lowest BCUT2D eigenvalue weighted by molar-refractivity contribution is 0.245. The molecule has 3 aromatic rings. The quantitative estimate of drug-likeness (QED) is 0.580. The Bertz CT molecular complexity index is 910. The fourth-order valence-corrected chi connectivity index (χ4v) is 3.81. The highest BCUT2D eigenvalue weighted by molar-refractivity contribution is 5.40. The van der Waals surface area contributed by atoms with Gasteiger partial charge in [0, 0.05) is 50.6 Å². The molecule has 0 saturated heterocycles. The van der Waals surface area contributed by atoms with Crippen molar-refractivity contribution in [2.75, 3.05) is 6.54 Å². The van der Waals surface area contributed by atoms with Crippen LogP contribution in [-0.2, 0) is 26.1 Å². The van der Waals surface area contributed by atoms with E-state index in [-0.39, 0.29) is 11.9 Å². The van der Waals surface area contributed by atoms with E-state index in [2.05, 4.69) is 39.6 Å². The Morgan fingerprint density at radius 2 is 2.11 bits per heavy atom. The van der Waals surface area contributed by atoms with Gasteiger partial charge < -0.3 is 9.30 Å². The molecular formula is C23H26FN3O. The average Bonchev–Trinajstić information content (AvgIpc) is 3.31. The van der Waals surface area contributed by atoms with Crippen LogP contribution < -0.4 is 4.74 Å². The fraction of sp³-hybridized carbons (Fsp3) is 0.348. The normalized spacial score (nSPS) is 15.6. The van der Waals surface area contributed by atoms with Crippen LogP contribution in [0.25, 0.3) is 0 Å². The summed E-state index contributed by atoms with van der Waals surface area (Å²) in [5, 5.41) is 0. The molecule has 0 bridgehead atoms. The summed E-state index contributed by atoms with van der Waals surface area (Å²) in [5.74, 6) is 0.857. The van der Waals surface area contributed by atoms with Crippen molar-refractivity contribution in [3.63, 3.8) is 0 Å². The highest BCUT2D eigenvalue weighted by atomic mass is 19.1. The number of ether oxygens (including phenoxy) is 1. The molecule has 5 heteroatoms. The molecule has 0 N–H and O–H groups in total. The predicted molar refractivity (Wildman–Crippen MR) is 108 cm³/mol. The SMILES string of the molecule is C[C@@H]1Cc2cc(CN(CCCn3ccnc3)Cc3ccccc3F)ccc2O1. The van der Waals surface area contributed by atoms with Gasteiger partial charge in [-0.05, 0) is 36.6 Å². The minimum atomic E-state index is -0.140. The van der Waals surface area contributed by atoms with Crippen LogP contribution in [0.2, 0.25) is 0 Å². The summed E-state index contributed by atoms with van der Waals surface area (Å²) in [6.07, 6.45) is 7.79. The number of benzene rings is 2. The van der Waals surface area contributed by atoms with E-state index in [4.69, 9.17) is 4.74 Å². The molecule has 2 heterocycles. The van der Waals surface area contributed by atoms with Gasteiger partial charge in [-0.1, -0.05) is 30.3 Å². The summed E-state index contributed by atoms with van der Waals surface area (Å²) < 4.78 is 22.1. The van der Waals surface area contributed by atoms with Gasteiger partial charge in [-0.15, -0.1) is 0 Å². The molecule has 146 valence electrons. The Kier molecular flexibility index (Phi) is 5.72. The lowest BCUT2D eigenvalue weighted by Crippen LogP contribution is -2.25. The molecule has 1 aromatic heterocycles. The Morgan fingerprint density at radius 3 is 2.93 bits per heavy atom. The maximum atomic E-state index is 14.2. The molecule has 0 spiro atoms. The minimum absolute atomic E-state index is 0.140. The molecule has 1 aliphatic rings. The number of halogens is 1. The molecule has 0 unspecified atom stereocenters. The molecule has 0 radical (unpaired) electrons. The molecule has 2 aromatic carbocycles. The van der Waals surface area contributed by atoms with Crippen molar-refractivity contribution >= 4 is 0 Å². The van der Waals surface area contributed by atoms with Crippen molar-refractivity contribution in [3.05, 3.63) is 83.7 Å². The largest absolute Gasteiger partial charge is 0.490 e. The Balaban J connectivity index is 1.45. The molecule has 0 aliphatic carbocycles. The molecule has 4 nitrogen and oxygen atoms in total. The van der Waals surface area contributed by atoms with Gasteiger partial charge in [0.1, 0.15) is 17.7 Å². The number of fused-ring (bicyclic) bond motifs is 1. The summed E-state index contributed by atoms with van der Waals surface area (Å²) in [6, 6.07) is 13.5. The fourth-order valence-electron chi connectivity index (χ4n) is 3.81. The Morgan fingerprint density at radius 1 is 1.21 bits per heavy atom. The Hall–Kier alpha value is -2.66. The number of nitrogens with zero attached hydrogens (tertiary/aromatic N) is 3. The first-order chi connectivity index (χ1) is 13.7. The van der Waals surface area contributed by atoms with Crippen LogP contribution in [0.15, 0.2) is 61.2 Å². The summed E-state index contributed by atoms with van der Waals surface area (Å²) in [6.45, 7) is 5.28. The van der Waals surface area contributed by atoms with Gasteiger partial charge >= 0.3 is 0 Å². The molecule has 1 aliphatic heterocycles. The monoisotopic (exact) mass is 379 g/mol. The van der Waals surface area contributed by atoms with Gasteiger partial charge in [0.15, 0.2) is 0 Å². The number of hydrogen-bond acceptors (Lipinski definition) is 3. The number of aromatic nitrogens is 2. The maximum Gasteiger partial charge on any atom is 0.127 e. The third-order valence-corrected chi connectivity index (χ3v) is 5.17. The van der Waals surface area contributed by atoms with Crippen LogP contribution in [-0.4, -0.2) is 27.1 Å². The number of hydrogen-bond donors (Lipinski definition) is 0. The van der Waals surface area contributed by atoms with Gasteiger partial charge in [-0.3, -0.25) is 4.90 Å². The predicted octanol–water partition coefficient (Wildman–Crippen LogP) is 4.44. The van der Waals surface area contributed by atoms with E-state index >= 15 is 0 Å². The maximum absolute atomic E-state index is 14.2. The molecule has 0 saturated carbocycles.